The van der Waals surface area contributed by atoms with Crippen LogP contribution >= 0.6 is 0 Å². The van der Waals surface area contributed by atoms with Crippen LogP contribution in [0.1, 0.15) is 30.1 Å². The first-order valence-electron chi connectivity index (χ1n) is 5.33. The van der Waals surface area contributed by atoms with Crippen molar-refractivity contribution >= 4 is 23.3 Å². The molecule has 88 valence electrons. The van der Waals surface area contributed by atoms with Crippen LogP contribution in [0.25, 0.3) is 0 Å². The summed E-state index contributed by atoms with van der Waals surface area (Å²) in [7, 11) is 0. The van der Waals surface area contributed by atoms with Crippen molar-refractivity contribution in [1.29, 1.82) is 0 Å². The number of carbonyl (C=O) groups excluding carboxylic acids is 1. The molecule has 2 rings (SSSR count). The standard InChI is InChI=1S/C12H12N2O3/c1-8-2-7-11(15)13-14(8)10-5-3-9(4-6-10)12(16)17/h3-6H,2,7H2,1H3,(H-,13,15,16,17)/p+1. The summed E-state index contributed by atoms with van der Waals surface area (Å²) in [4.78, 5) is 22.0. The molecule has 1 aromatic carbocycles. The zero-order chi connectivity index (χ0) is 12.4. The van der Waals surface area contributed by atoms with Crippen LogP contribution in [0.2, 0.25) is 0 Å². The van der Waals surface area contributed by atoms with Gasteiger partial charge in [-0.1, -0.05) is 4.68 Å². The van der Waals surface area contributed by atoms with Gasteiger partial charge in [0, 0.05) is 31.9 Å². The minimum Gasteiger partial charge on any atom is -0.478 e. The zero-order valence-electron chi connectivity index (χ0n) is 9.43. The van der Waals surface area contributed by atoms with Crippen LogP contribution < -0.4 is 5.43 Å². The number of rotatable bonds is 2. The number of benzene rings is 1. The molecule has 5 nitrogen and oxygen atoms in total. The van der Waals surface area contributed by atoms with E-state index in [1.165, 1.54) is 12.1 Å². The summed E-state index contributed by atoms with van der Waals surface area (Å²) in [5, 5.41) is 8.79. The molecule has 0 spiro atoms. The van der Waals surface area contributed by atoms with Gasteiger partial charge in [0.1, 0.15) is 0 Å². The molecule has 5 heteroatoms. The summed E-state index contributed by atoms with van der Waals surface area (Å²) in [5.74, 6) is -0.988. The van der Waals surface area contributed by atoms with E-state index in [1.54, 1.807) is 16.8 Å². The Balaban J connectivity index is 2.34. The highest BCUT2D eigenvalue weighted by Crippen LogP contribution is 2.15. The van der Waals surface area contributed by atoms with Gasteiger partial charge in [0.2, 0.25) is 5.69 Å². The third-order valence-electron chi connectivity index (χ3n) is 2.70. The van der Waals surface area contributed by atoms with E-state index in [0.29, 0.717) is 12.8 Å². The van der Waals surface area contributed by atoms with Crippen LogP contribution in [0.3, 0.4) is 0 Å². The molecule has 0 bridgehead atoms. The van der Waals surface area contributed by atoms with Gasteiger partial charge in [-0.05, 0) is 12.1 Å². The fourth-order valence-electron chi connectivity index (χ4n) is 1.72. The molecule has 1 heterocycles. The predicted octanol–water partition coefficient (Wildman–Crippen LogP) is 1.31. The quantitative estimate of drug-likeness (QED) is 0.757. The van der Waals surface area contributed by atoms with Gasteiger partial charge in [0.15, 0.2) is 5.71 Å². The van der Waals surface area contributed by atoms with Crippen LogP contribution in [-0.4, -0.2) is 27.4 Å². The van der Waals surface area contributed by atoms with E-state index in [4.69, 9.17) is 5.11 Å². The Morgan fingerprint density at radius 1 is 1.29 bits per heavy atom. The maximum absolute atomic E-state index is 11.3. The molecule has 0 radical (unpaired) electrons. The lowest BCUT2D eigenvalue weighted by Crippen LogP contribution is -2.39. The van der Waals surface area contributed by atoms with E-state index in [1.807, 2.05) is 6.92 Å². The molecular weight excluding hydrogens is 220 g/mol. The second-order valence-electron chi connectivity index (χ2n) is 3.96. The number of amides is 1. The number of hydrogen-bond acceptors (Lipinski definition) is 2. The third-order valence-corrected chi connectivity index (χ3v) is 2.70. The third kappa shape index (κ3) is 2.33. The van der Waals surface area contributed by atoms with E-state index in [0.717, 1.165) is 11.4 Å². The van der Waals surface area contributed by atoms with Gasteiger partial charge in [0.25, 0.3) is 5.91 Å². The van der Waals surface area contributed by atoms with Crippen molar-refractivity contribution in [2.45, 2.75) is 19.8 Å². The van der Waals surface area contributed by atoms with Crippen molar-refractivity contribution in [3.8, 4) is 0 Å². The van der Waals surface area contributed by atoms with E-state index in [9.17, 15) is 9.59 Å². The fraction of sp³-hybridized carbons (Fsp3) is 0.250. The molecule has 17 heavy (non-hydrogen) atoms. The lowest BCUT2D eigenvalue weighted by atomic mass is 10.1. The first kappa shape index (κ1) is 11.3. The SMILES string of the molecule is CC1=[N+](c2ccc(C(=O)O)cc2)NC(=O)CC1. The molecule has 0 fully saturated rings. The summed E-state index contributed by atoms with van der Waals surface area (Å²) in [6, 6.07) is 6.40. The monoisotopic (exact) mass is 233 g/mol. The van der Waals surface area contributed by atoms with Gasteiger partial charge in [-0.15, -0.1) is 5.43 Å². The van der Waals surface area contributed by atoms with E-state index in [-0.39, 0.29) is 11.5 Å². The minimum absolute atomic E-state index is 0.0297. The second kappa shape index (κ2) is 4.37. The topological polar surface area (TPSA) is 69.4 Å². The molecule has 2 N–H and O–H groups in total. The van der Waals surface area contributed by atoms with Crippen LogP contribution in [0.5, 0.6) is 0 Å². The molecule has 0 atom stereocenters. The van der Waals surface area contributed by atoms with Crippen molar-refractivity contribution < 1.29 is 19.4 Å². The summed E-state index contributed by atoms with van der Waals surface area (Å²) >= 11 is 0. The molecule has 1 aromatic rings. The Labute approximate surface area is 98.4 Å². The van der Waals surface area contributed by atoms with Crippen molar-refractivity contribution in [3.05, 3.63) is 29.8 Å². The van der Waals surface area contributed by atoms with Crippen molar-refractivity contribution in [1.82, 2.24) is 5.43 Å². The smallest absolute Gasteiger partial charge is 0.335 e. The summed E-state index contributed by atoms with van der Waals surface area (Å²) < 4.78 is 1.69. The van der Waals surface area contributed by atoms with Crippen LogP contribution in [-0.2, 0) is 4.79 Å². The average Bonchev–Trinajstić information content (AvgIpc) is 2.32. The fourth-order valence-corrected chi connectivity index (χ4v) is 1.72. The largest absolute Gasteiger partial charge is 0.478 e. The number of nitrogens with zero attached hydrogens (tertiary/aromatic N) is 1. The molecule has 0 aliphatic carbocycles. The average molecular weight is 233 g/mol. The molecule has 1 aliphatic rings. The lowest BCUT2D eigenvalue weighted by molar-refractivity contribution is -0.497. The molecule has 0 saturated carbocycles. The number of carboxylic acid groups (broad SMARTS) is 1. The number of aromatic carboxylic acids is 1. The summed E-state index contributed by atoms with van der Waals surface area (Å²) in [5.41, 5.74) is 4.77. The number of carbonyl (C=O) groups is 2. The van der Waals surface area contributed by atoms with Gasteiger partial charge in [-0.3, -0.25) is 4.79 Å². The number of hydrogen-bond donors (Lipinski definition) is 2. The van der Waals surface area contributed by atoms with E-state index in [2.05, 4.69) is 5.43 Å². The Bertz CT molecular complexity index is 503. The van der Waals surface area contributed by atoms with Crippen molar-refractivity contribution in [2.75, 3.05) is 0 Å². The first-order valence-corrected chi connectivity index (χ1v) is 5.33. The Kier molecular flexibility index (Phi) is 2.91. The minimum atomic E-state index is -0.958. The van der Waals surface area contributed by atoms with E-state index < -0.39 is 5.97 Å². The highest BCUT2D eigenvalue weighted by Gasteiger charge is 2.23. The van der Waals surface area contributed by atoms with Crippen molar-refractivity contribution in [2.24, 2.45) is 0 Å². The summed E-state index contributed by atoms with van der Waals surface area (Å²) in [6.45, 7) is 1.94. The predicted molar refractivity (Wildman–Crippen MR) is 61.4 cm³/mol. The first-order chi connectivity index (χ1) is 8.08. The molecule has 1 aliphatic heterocycles. The normalized spacial score (nSPS) is 15.7. The highest BCUT2D eigenvalue weighted by molar-refractivity contribution is 5.89. The maximum Gasteiger partial charge on any atom is 0.335 e. The molecule has 0 aromatic heterocycles. The van der Waals surface area contributed by atoms with Crippen molar-refractivity contribution in [3.63, 3.8) is 0 Å². The molecule has 0 unspecified atom stereocenters. The Morgan fingerprint density at radius 2 is 1.94 bits per heavy atom. The van der Waals surface area contributed by atoms with Crippen LogP contribution in [0, 0.1) is 0 Å². The van der Waals surface area contributed by atoms with E-state index >= 15 is 0 Å². The number of carboxylic acids is 1. The number of hydrazone groups is 1. The van der Waals surface area contributed by atoms with Gasteiger partial charge >= 0.3 is 5.97 Å². The second-order valence-corrected chi connectivity index (χ2v) is 3.96. The molecule has 0 saturated heterocycles. The molecule has 1 amide bonds. The van der Waals surface area contributed by atoms with Gasteiger partial charge in [-0.25, -0.2) is 4.79 Å². The number of nitrogens with one attached hydrogen (secondary N) is 1. The Morgan fingerprint density at radius 3 is 2.53 bits per heavy atom. The Hall–Kier alpha value is -2.17. The van der Waals surface area contributed by atoms with Crippen LogP contribution in [0.15, 0.2) is 24.3 Å². The molecular formula is C12H13N2O3+. The van der Waals surface area contributed by atoms with Gasteiger partial charge in [-0.2, -0.15) is 0 Å². The lowest BCUT2D eigenvalue weighted by Gasteiger charge is -2.11. The van der Waals surface area contributed by atoms with Crippen LogP contribution in [0.4, 0.5) is 5.69 Å². The maximum atomic E-state index is 11.3. The highest BCUT2D eigenvalue weighted by atomic mass is 16.4. The van der Waals surface area contributed by atoms with Gasteiger partial charge < -0.3 is 5.11 Å². The van der Waals surface area contributed by atoms with Gasteiger partial charge in [0.05, 0.1) is 5.56 Å². The zero-order valence-corrected chi connectivity index (χ0v) is 9.43. The number of hydrazine groups is 1. The summed E-state index contributed by atoms with van der Waals surface area (Å²) in [6.07, 6.45) is 1.21.